The molecule has 0 aliphatic heterocycles. The van der Waals surface area contributed by atoms with Gasteiger partial charge in [0.2, 0.25) is 11.7 Å². The van der Waals surface area contributed by atoms with Crippen molar-refractivity contribution in [1.29, 1.82) is 0 Å². The van der Waals surface area contributed by atoms with E-state index in [1.54, 1.807) is 0 Å². The van der Waals surface area contributed by atoms with Gasteiger partial charge in [0.1, 0.15) is 11.3 Å². The fourth-order valence-electron chi connectivity index (χ4n) is 6.86. The van der Waals surface area contributed by atoms with Crippen molar-refractivity contribution in [2.45, 2.75) is 117 Å². The van der Waals surface area contributed by atoms with Crippen LogP contribution in [-0.2, 0) is 10.8 Å². The summed E-state index contributed by atoms with van der Waals surface area (Å²) in [5, 5.41) is 16.4. The Kier molecular flexibility index (Phi) is 8.63. The Labute approximate surface area is 267 Å². The number of pyridine rings is 1. The summed E-state index contributed by atoms with van der Waals surface area (Å²) in [5.74, 6) is -1.53. The average Bonchev–Trinajstić information content (AvgIpc) is 3.36. The highest BCUT2D eigenvalue weighted by Gasteiger charge is 2.68. The molecule has 246 valence electrons. The summed E-state index contributed by atoms with van der Waals surface area (Å²) in [6, 6.07) is 1.07. The molecule has 3 N–H and O–H groups in total. The molecule has 11 heteroatoms. The largest absolute Gasteiger partial charge is 0.508 e. The van der Waals surface area contributed by atoms with Crippen LogP contribution in [0.2, 0.25) is 18.1 Å². The summed E-state index contributed by atoms with van der Waals surface area (Å²) in [4.78, 5) is 34.2. The van der Waals surface area contributed by atoms with Crippen molar-refractivity contribution in [2.75, 3.05) is 13.2 Å². The van der Waals surface area contributed by atoms with Crippen LogP contribution in [0.4, 0.5) is 0 Å². The SMILES string of the molecule is CCCCOc1nc(C)cc2c1C(=O)C1=C(O)[C@]3(O[Si](C)(C)C(C)(C)C)C(=O)c4c(OCCCC)noc4[C@@H](N)[C@@H]3C[C@]1(C)C2. The lowest BCUT2D eigenvalue weighted by atomic mass is 9.53. The van der Waals surface area contributed by atoms with Gasteiger partial charge in [0.25, 0.3) is 5.88 Å². The van der Waals surface area contributed by atoms with Gasteiger partial charge in [-0.3, -0.25) is 9.59 Å². The minimum absolute atomic E-state index is 0.0355. The molecular weight excluding hydrogens is 590 g/mol. The summed E-state index contributed by atoms with van der Waals surface area (Å²) >= 11 is 0. The molecule has 2 aromatic heterocycles. The van der Waals surface area contributed by atoms with Crippen molar-refractivity contribution in [2.24, 2.45) is 17.1 Å². The van der Waals surface area contributed by atoms with Crippen LogP contribution in [0.1, 0.15) is 117 Å². The number of hydrogen-bond acceptors (Lipinski definition) is 10. The zero-order valence-electron chi connectivity index (χ0n) is 28.3. The molecule has 3 aliphatic carbocycles. The third-order valence-electron chi connectivity index (χ3n) is 10.3. The van der Waals surface area contributed by atoms with Gasteiger partial charge in [0, 0.05) is 22.6 Å². The van der Waals surface area contributed by atoms with E-state index in [2.05, 4.69) is 37.8 Å². The van der Waals surface area contributed by atoms with E-state index in [1.165, 1.54) is 0 Å². The topological polar surface area (TPSA) is 147 Å². The number of hydrogen-bond donors (Lipinski definition) is 2. The molecule has 45 heavy (non-hydrogen) atoms. The lowest BCUT2D eigenvalue weighted by Gasteiger charge is -2.56. The number of aliphatic hydroxyl groups is 1. The third kappa shape index (κ3) is 5.24. The molecular formula is C34H49N3O7Si. The lowest BCUT2D eigenvalue weighted by Crippen LogP contribution is -2.65. The molecule has 0 spiro atoms. The summed E-state index contributed by atoms with van der Waals surface area (Å²) in [6.45, 7) is 18.9. The maximum Gasteiger partial charge on any atom is 0.265 e. The highest BCUT2D eigenvalue weighted by atomic mass is 28.4. The van der Waals surface area contributed by atoms with Gasteiger partial charge in [-0.2, -0.15) is 0 Å². The predicted molar refractivity (Wildman–Crippen MR) is 172 cm³/mol. The van der Waals surface area contributed by atoms with E-state index >= 15 is 0 Å². The zero-order chi connectivity index (χ0) is 33.1. The monoisotopic (exact) mass is 639 g/mol. The maximum atomic E-state index is 15.0. The molecule has 5 rings (SSSR count). The van der Waals surface area contributed by atoms with Gasteiger partial charge in [-0.1, -0.05) is 54.4 Å². The van der Waals surface area contributed by atoms with E-state index in [4.69, 9.17) is 24.2 Å². The minimum atomic E-state index is -2.80. The van der Waals surface area contributed by atoms with Crippen LogP contribution in [0.25, 0.3) is 0 Å². The van der Waals surface area contributed by atoms with Crippen LogP contribution in [0.3, 0.4) is 0 Å². The van der Waals surface area contributed by atoms with Gasteiger partial charge in [-0.25, -0.2) is 4.98 Å². The van der Waals surface area contributed by atoms with E-state index in [1.807, 2.05) is 39.9 Å². The number of aliphatic hydroxyl groups excluding tert-OH is 1. The molecule has 4 atom stereocenters. The quantitative estimate of drug-likeness (QED) is 0.206. The Hall–Kier alpha value is -3.02. The number of nitrogens with two attached hydrogens (primary N) is 1. The second-order valence-corrected chi connectivity index (χ2v) is 19.5. The van der Waals surface area contributed by atoms with Gasteiger partial charge < -0.3 is 29.3 Å². The highest BCUT2D eigenvalue weighted by molar-refractivity contribution is 6.74. The minimum Gasteiger partial charge on any atom is -0.508 e. The Morgan fingerprint density at radius 1 is 1.09 bits per heavy atom. The Bertz CT molecular complexity index is 1540. The summed E-state index contributed by atoms with van der Waals surface area (Å²) in [5.41, 5.74) is 6.32. The number of ether oxygens (including phenoxy) is 2. The van der Waals surface area contributed by atoms with E-state index in [0.29, 0.717) is 31.6 Å². The summed E-state index contributed by atoms with van der Waals surface area (Å²) < 4.78 is 24.7. The van der Waals surface area contributed by atoms with Crippen molar-refractivity contribution in [1.82, 2.24) is 10.1 Å². The van der Waals surface area contributed by atoms with E-state index < -0.39 is 42.9 Å². The third-order valence-corrected chi connectivity index (χ3v) is 14.7. The first-order valence-electron chi connectivity index (χ1n) is 16.3. The average molecular weight is 640 g/mol. The Morgan fingerprint density at radius 3 is 2.31 bits per heavy atom. The van der Waals surface area contributed by atoms with Crippen molar-refractivity contribution in [3.05, 3.63) is 45.5 Å². The Balaban J connectivity index is 1.75. The molecule has 2 heterocycles. The number of nitrogens with zero attached hydrogens (tertiary/aromatic N) is 2. The number of carbonyl (C=O) groups excluding carboxylic acids is 2. The number of unbranched alkanes of at least 4 members (excludes halogenated alkanes) is 2. The maximum absolute atomic E-state index is 15.0. The molecule has 0 fully saturated rings. The van der Waals surface area contributed by atoms with Gasteiger partial charge in [0.15, 0.2) is 25.5 Å². The van der Waals surface area contributed by atoms with Gasteiger partial charge >= 0.3 is 0 Å². The number of rotatable bonds is 10. The second-order valence-electron chi connectivity index (χ2n) is 14.8. The molecule has 2 aromatic rings. The lowest BCUT2D eigenvalue weighted by molar-refractivity contribution is -0.0374. The van der Waals surface area contributed by atoms with Gasteiger partial charge in [0.05, 0.1) is 24.8 Å². The van der Waals surface area contributed by atoms with Crippen molar-refractivity contribution in [3.63, 3.8) is 0 Å². The van der Waals surface area contributed by atoms with E-state index in [0.717, 1.165) is 36.9 Å². The molecule has 3 aliphatic rings. The van der Waals surface area contributed by atoms with Crippen LogP contribution >= 0.6 is 0 Å². The molecule has 10 nitrogen and oxygen atoms in total. The predicted octanol–water partition coefficient (Wildman–Crippen LogP) is 6.97. The van der Waals surface area contributed by atoms with E-state index in [9.17, 15) is 14.7 Å². The normalized spacial score (nSPS) is 26.3. The van der Waals surface area contributed by atoms with Crippen molar-refractivity contribution >= 4 is 19.9 Å². The standard InChI is InChI=1S/C34H49N3O7Si/c1-10-12-14-41-30-22-20(16-19(3)36-30)17-33(7)18-21-25(35)27-23(31(37-43-27)42-15-13-11-2)28(39)34(21,29(40)24(33)26(22)38)44-45(8,9)32(4,5)6/h16,21,25,40H,10-15,17-18,35H2,1-9H3/t21-,25-,33-,34+/m0/s1. The van der Waals surface area contributed by atoms with Crippen LogP contribution < -0.4 is 15.2 Å². The first-order valence-corrected chi connectivity index (χ1v) is 19.2. The Morgan fingerprint density at radius 2 is 1.71 bits per heavy atom. The summed E-state index contributed by atoms with van der Waals surface area (Å²) in [6.07, 6.45) is 4.13. The van der Waals surface area contributed by atoms with Crippen LogP contribution in [0, 0.1) is 18.3 Å². The number of ketones is 2. The first-order chi connectivity index (χ1) is 21.0. The van der Waals surface area contributed by atoms with Gasteiger partial charge in [-0.05, 0) is 67.5 Å². The molecule has 0 saturated heterocycles. The smallest absolute Gasteiger partial charge is 0.265 e. The second kappa shape index (κ2) is 11.6. The molecule has 0 saturated carbocycles. The molecule has 0 aromatic carbocycles. The fraction of sp³-hybridized carbons (Fsp3) is 0.647. The first kappa shape index (κ1) is 33.3. The number of allylic oxidation sites excluding steroid dienone is 1. The number of aryl methyl sites for hydroxylation is 1. The number of aromatic nitrogens is 2. The highest BCUT2D eigenvalue weighted by Crippen LogP contribution is 2.61. The van der Waals surface area contributed by atoms with Crippen LogP contribution in [-0.4, -0.2) is 53.9 Å². The molecule has 0 amide bonds. The number of fused-ring (bicyclic) bond motifs is 4. The zero-order valence-corrected chi connectivity index (χ0v) is 29.3. The molecule has 0 unspecified atom stereocenters. The number of Topliss-reactive ketones (excluding diaryl/α,β-unsaturated/α-hetero) is 2. The number of carbonyl (C=O) groups is 2. The van der Waals surface area contributed by atoms with E-state index in [-0.39, 0.29) is 39.5 Å². The van der Waals surface area contributed by atoms with Crippen molar-refractivity contribution in [3.8, 4) is 11.8 Å². The van der Waals surface area contributed by atoms with Gasteiger partial charge in [-0.15, -0.1) is 0 Å². The summed E-state index contributed by atoms with van der Waals surface area (Å²) in [7, 11) is -2.80. The van der Waals surface area contributed by atoms with Crippen LogP contribution in [0.5, 0.6) is 11.8 Å². The van der Waals surface area contributed by atoms with Crippen molar-refractivity contribution < 1.29 is 33.1 Å². The molecule has 0 bridgehead atoms. The molecule has 0 radical (unpaired) electrons. The fourth-order valence-corrected chi connectivity index (χ4v) is 8.31. The van der Waals surface area contributed by atoms with Crippen LogP contribution in [0.15, 0.2) is 21.9 Å².